The van der Waals surface area contributed by atoms with E-state index >= 15 is 0 Å². The van der Waals surface area contributed by atoms with Crippen molar-refractivity contribution in [3.05, 3.63) is 30.1 Å². The van der Waals surface area contributed by atoms with Gasteiger partial charge in [-0.25, -0.2) is 0 Å². The number of guanidine groups is 1. The maximum Gasteiger partial charge on any atom is 0.191 e. The molecule has 0 aliphatic carbocycles. The summed E-state index contributed by atoms with van der Waals surface area (Å²) in [5, 5.41) is 6.96. The van der Waals surface area contributed by atoms with Gasteiger partial charge in [0.05, 0.1) is 0 Å². The van der Waals surface area contributed by atoms with E-state index in [0.717, 1.165) is 25.5 Å². The summed E-state index contributed by atoms with van der Waals surface area (Å²) in [5.41, 5.74) is 1.25. The average molecular weight is 473 g/mol. The first-order valence-corrected chi connectivity index (χ1v) is 9.78. The molecule has 0 saturated carbocycles. The molecule has 1 aromatic heterocycles. The van der Waals surface area contributed by atoms with Gasteiger partial charge in [-0.2, -0.15) is 0 Å². The van der Waals surface area contributed by atoms with Crippen LogP contribution in [0, 0.1) is 5.92 Å². The van der Waals surface area contributed by atoms with Crippen LogP contribution in [0.2, 0.25) is 0 Å². The molecule has 0 radical (unpaired) electrons. The highest BCUT2D eigenvalue weighted by Gasteiger charge is 2.22. The van der Waals surface area contributed by atoms with E-state index < -0.39 is 0 Å². The minimum absolute atomic E-state index is 0. The molecule has 5 nitrogen and oxygen atoms in total. The van der Waals surface area contributed by atoms with Crippen LogP contribution in [0.1, 0.15) is 45.1 Å². The van der Waals surface area contributed by atoms with E-state index in [9.17, 15) is 0 Å². The Kier molecular flexibility index (Phi) is 11.8. The first-order valence-electron chi connectivity index (χ1n) is 9.78. The Morgan fingerprint density at radius 2 is 1.92 bits per heavy atom. The number of hydrogen-bond donors (Lipinski definition) is 2. The van der Waals surface area contributed by atoms with Crippen molar-refractivity contribution >= 4 is 29.9 Å². The molecular formula is C20H36IN5. The van der Waals surface area contributed by atoms with E-state index in [0.29, 0.717) is 12.0 Å². The topological polar surface area (TPSA) is 52.6 Å². The van der Waals surface area contributed by atoms with Crippen molar-refractivity contribution in [1.82, 2.24) is 20.5 Å². The van der Waals surface area contributed by atoms with Crippen molar-refractivity contribution in [2.45, 2.75) is 52.0 Å². The summed E-state index contributed by atoms with van der Waals surface area (Å²) in [6.07, 6.45) is 10.1. The molecule has 1 unspecified atom stereocenters. The SMILES string of the molecule is CN=C(NCCc1cccnc1)NCC(C(C)C)N1CCCCCC1.I. The lowest BCUT2D eigenvalue weighted by Gasteiger charge is -2.34. The van der Waals surface area contributed by atoms with Gasteiger partial charge in [0.1, 0.15) is 0 Å². The summed E-state index contributed by atoms with van der Waals surface area (Å²) >= 11 is 0. The third-order valence-electron chi connectivity index (χ3n) is 5.01. The van der Waals surface area contributed by atoms with E-state index in [-0.39, 0.29) is 24.0 Å². The highest BCUT2D eigenvalue weighted by molar-refractivity contribution is 14.0. The third-order valence-corrected chi connectivity index (χ3v) is 5.01. The first kappa shape index (κ1) is 23.1. The number of halogens is 1. The highest BCUT2D eigenvalue weighted by Crippen LogP contribution is 2.17. The molecule has 26 heavy (non-hydrogen) atoms. The standard InChI is InChI=1S/C20H35N5.HI/c1-17(2)19(25-13-6-4-5-7-14-25)16-24-20(21-3)23-12-10-18-9-8-11-22-15-18;/h8-9,11,15,17,19H,4-7,10,12-14,16H2,1-3H3,(H2,21,23,24);1H. The van der Waals surface area contributed by atoms with Crippen molar-refractivity contribution in [2.24, 2.45) is 10.9 Å². The largest absolute Gasteiger partial charge is 0.356 e. The second-order valence-corrected chi connectivity index (χ2v) is 7.25. The fourth-order valence-corrected chi connectivity index (χ4v) is 3.51. The maximum atomic E-state index is 4.37. The highest BCUT2D eigenvalue weighted by atomic mass is 127. The summed E-state index contributed by atoms with van der Waals surface area (Å²) in [7, 11) is 1.84. The molecule has 0 spiro atoms. The molecule has 0 amide bonds. The van der Waals surface area contributed by atoms with Crippen LogP contribution in [0.5, 0.6) is 0 Å². The van der Waals surface area contributed by atoms with Crippen molar-refractivity contribution in [3.63, 3.8) is 0 Å². The van der Waals surface area contributed by atoms with Crippen LogP contribution in [-0.4, -0.2) is 55.1 Å². The summed E-state index contributed by atoms with van der Waals surface area (Å²) < 4.78 is 0. The summed E-state index contributed by atoms with van der Waals surface area (Å²) in [6.45, 7) is 8.94. The second-order valence-electron chi connectivity index (χ2n) is 7.25. The number of hydrogen-bond acceptors (Lipinski definition) is 3. The Hall–Kier alpha value is -0.890. The molecule has 1 atom stereocenters. The van der Waals surface area contributed by atoms with Gasteiger partial charge in [0.2, 0.25) is 0 Å². The van der Waals surface area contributed by atoms with Crippen LogP contribution < -0.4 is 10.6 Å². The van der Waals surface area contributed by atoms with Gasteiger partial charge in [0.25, 0.3) is 0 Å². The number of aromatic nitrogens is 1. The quantitative estimate of drug-likeness (QED) is 0.363. The van der Waals surface area contributed by atoms with Crippen LogP contribution in [-0.2, 0) is 6.42 Å². The minimum atomic E-state index is 0. The Labute approximate surface area is 176 Å². The van der Waals surface area contributed by atoms with Gasteiger partial charge in [-0.15, -0.1) is 24.0 Å². The van der Waals surface area contributed by atoms with Crippen LogP contribution in [0.4, 0.5) is 0 Å². The molecule has 0 bridgehead atoms. The summed E-state index contributed by atoms with van der Waals surface area (Å²) in [5.74, 6) is 1.53. The van der Waals surface area contributed by atoms with Gasteiger partial charge in [-0.1, -0.05) is 32.8 Å². The monoisotopic (exact) mass is 473 g/mol. The molecule has 2 N–H and O–H groups in total. The number of pyridine rings is 1. The molecule has 1 fully saturated rings. The summed E-state index contributed by atoms with van der Waals surface area (Å²) in [6, 6.07) is 4.66. The van der Waals surface area contributed by atoms with Crippen molar-refractivity contribution in [2.75, 3.05) is 33.2 Å². The van der Waals surface area contributed by atoms with E-state index in [1.165, 1.54) is 44.3 Å². The zero-order chi connectivity index (χ0) is 17.9. The second kappa shape index (κ2) is 13.3. The summed E-state index contributed by atoms with van der Waals surface area (Å²) in [4.78, 5) is 11.2. The molecule has 2 rings (SSSR count). The third kappa shape index (κ3) is 8.20. The molecular weight excluding hydrogens is 437 g/mol. The molecule has 148 valence electrons. The van der Waals surface area contributed by atoms with E-state index in [1.807, 2.05) is 25.5 Å². The Bertz CT molecular complexity index is 498. The van der Waals surface area contributed by atoms with Gasteiger partial charge in [-0.3, -0.25) is 14.9 Å². The number of rotatable bonds is 7. The van der Waals surface area contributed by atoms with Crippen LogP contribution >= 0.6 is 24.0 Å². The minimum Gasteiger partial charge on any atom is -0.356 e. The lowest BCUT2D eigenvalue weighted by Crippen LogP contribution is -2.50. The number of nitrogens with one attached hydrogen (secondary N) is 2. The molecule has 6 heteroatoms. The Morgan fingerprint density at radius 3 is 2.50 bits per heavy atom. The predicted molar refractivity (Wildman–Crippen MR) is 121 cm³/mol. The lowest BCUT2D eigenvalue weighted by atomic mass is 10.0. The molecule has 2 heterocycles. The van der Waals surface area contributed by atoms with Crippen LogP contribution in [0.15, 0.2) is 29.5 Å². The van der Waals surface area contributed by atoms with Gasteiger partial charge in [0.15, 0.2) is 5.96 Å². The fourth-order valence-electron chi connectivity index (χ4n) is 3.51. The van der Waals surface area contributed by atoms with E-state index in [4.69, 9.17) is 0 Å². The maximum absolute atomic E-state index is 4.37. The van der Waals surface area contributed by atoms with Gasteiger partial charge in [0, 0.05) is 38.6 Å². The zero-order valence-electron chi connectivity index (χ0n) is 16.6. The van der Waals surface area contributed by atoms with E-state index in [1.54, 1.807) is 0 Å². The Morgan fingerprint density at radius 1 is 1.19 bits per heavy atom. The number of likely N-dealkylation sites (tertiary alicyclic amines) is 1. The Balaban J connectivity index is 0.00000338. The number of aliphatic imine (C=N–C) groups is 1. The number of nitrogens with zero attached hydrogens (tertiary/aromatic N) is 3. The predicted octanol–water partition coefficient (Wildman–Crippen LogP) is 3.31. The molecule has 1 saturated heterocycles. The average Bonchev–Trinajstić information content (AvgIpc) is 2.90. The molecule has 1 aliphatic rings. The van der Waals surface area contributed by atoms with Gasteiger partial charge < -0.3 is 10.6 Å². The lowest BCUT2D eigenvalue weighted by molar-refractivity contribution is 0.161. The normalized spacial score (nSPS) is 17.3. The van der Waals surface area contributed by atoms with Gasteiger partial charge in [-0.05, 0) is 49.9 Å². The van der Waals surface area contributed by atoms with E-state index in [2.05, 4.69) is 45.4 Å². The van der Waals surface area contributed by atoms with Crippen LogP contribution in [0.3, 0.4) is 0 Å². The van der Waals surface area contributed by atoms with Crippen molar-refractivity contribution in [3.8, 4) is 0 Å². The zero-order valence-corrected chi connectivity index (χ0v) is 18.9. The first-order chi connectivity index (χ1) is 12.2. The smallest absolute Gasteiger partial charge is 0.191 e. The molecule has 0 aromatic carbocycles. The van der Waals surface area contributed by atoms with Gasteiger partial charge >= 0.3 is 0 Å². The molecule has 1 aromatic rings. The fraction of sp³-hybridized carbons (Fsp3) is 0.700. The van der Waals surface area contributed by atoms with Crippen LogP contribution in [0.25, 0.3) is 0 Å². The van der Waals surface area contributed by atoms with Crippen molar-refractivity contribution in [1.29, 1.82) is 0 Å². The molecule has 1 aliphatic heterocycles. The van der Waals surface area contributed by atoms with Crippen molar-refractivity contribution < 1.29 is 0 Å².